The van der Waals surface area contributed by atoms with E-state index in [2.05, 4.69) is 5.32 Å². The second-order valence-electron chi connectivity index (χ2n) is 6.70. The van der Waals surface area contributed by atoms with Crippen LogP contribution >= 0.6 is 23.2 Å². The summed E-state index contributed by atoms with van der Waals surface area (Å²) in [5, 5.41) is 3.83. The van der Waals surface area contributed by atoms with Crippen molar-refractivity contribution in [2.24, 2.45) is 5.92 Å². The molecule has 1 N–H and O–H groups in total. The monoisotopic (exact) mass is 384 g/mol. The van der Waals surface area contributed by atoms with Gasteiger partial charge in [-0.15, -0.1) is 0 Å². The molecule has 1 saturated carbocycles. The van der Waals surface area contributed by atoms with Crippen LogP contribution in [0.2, 0.25) is 10.0 Å². The molecule has 1 aromatic carbocycles. The first kappa shape index (κ1) is 18.5. The molecular formula is C18H22Cl2N2O3. The van der Waals surface area contributed by atoms with Gasteiger partial charge in [0, 0.05) is 26.1 Å². The van der Waals surface area contributed by atoms with Crippen molar-refractivity contribution >= 4 is 40.7 Å². The maximum atomic E-state index is 12.6. The Morgan fingerprint density at radius 3 is 2.64 bits per heavy atom. The Kier molecular flexibility index (Phi) is 5.87. The largest absolute Gasteiger partial charge is 0.381 e. The third kappa shape index (κ3) is 4.10. The van der Waals surface area contributed by atoms with Crippen molar-refractivity contribution in [2.45, 2.75) is 44.2 Å². The quantitative estimate of drug-likeness (QED) is 0.864. The molecule has 25 heavy (non-hydrogen) atoms. The molecule has 136 valence electrons. The lowest BCUT2D eigenvalue weighted by molar-refractivity contribution is -0.127. The highest BCUT2D eigenvalue weighted by Crippen LogP contribution is 2.35. The minimum atomic E-state index is -0.359. The summed E-state index contributed by atoms with van der Waals surface area (Å²) in [7, 11) is 1.73. The van der Waals surface area contributed by atoms with Crippen LogP contribution in [0, 0.1) is 5.92 Å². The molecule has 2 aliphatic rings. The number of hydrogen-bond acceptors (Lipinski definition) is 3. The molecule has 0 radical (unpaired) electrons. The summed E-state index contributed by atoms with van der Waals surface area (Å²) in [5.74, 6) is -0.523. The number of nitrogens with zero attached hydrogens (tertiary/aromatic N) is 1. The first-order valence-corrected chi connectivity index (χ1v) is 9.32. The van der Waals surface area contributed by atoms with Crippen molar-refractivity contribution in [3.05, 3.63) is 28.2 Å². The average molecular weight is 385 g/mol. The molecule has 1 atom stereocenters. The van der Waals surface area contributed by atoms with Gasteiger partial charge in [-0.2, -0.15) is 0 Å². The van der Waals surface area contributed by atoms with E-state index < -0.39 is 0 Å². The third-order valence-corrected chi connectivity index (χ3v) is 5.88. The van der Waals surface area contributed by atoms with Crippen LogP contribution in [-0.4, -0.2) is 37.6 Å². The first-order valence-electron chi connectivity index (χ1n) is 8.57. The lowest BCUT2D eigenvalue weighted by atomic mass is 9.92. The highest BCUT2D eigenvalue weighted by atomic mass is 35.5. The van der Waals surface area contributed by atoms with Crippen LogP contribution in [0.5, 0.6) is 0 Å². The normalized spacial score (nSPS) is 26.8. The van der Waals surface area contributed by atoms with Gasteiger partial charge in [0.25, 0.3) is 0 Å². The summed E-state index contributed by atoms with van der Waals surface area (Å²) in [6.45, 7) is 0.331. The molecule has 1 aliphatic carbocycles. The predicted octanol–water partition coefficient (Wildman–Crippen LogP) is 3.42. The number of carbonyl (C=O) groups excluding carboxylic acids is 2. The maximum absolute atomic E-state index is 12.6. The molecule has 2 amide bonds. The van der Waals surface area contributed by atoms with Gasteiger partial charge in [0.2, 0.25) is 11.8 Å². The second-order valence-corrected chi connectivity index (χ2v) is 7.48. The number of anilines is 1. The van der Waals surface area contributed by atoms with Crippen LogP contribution in [0.4, 0.5) is 5.69 Å². The third-order valence-electron chi connectivity index (χ3n) is 5.07. The minimum absolute atomic E-state index is 0.0603. The van der Waals surface area contributed by atoms with E-state index in [-0.39, 0.29) is 30.2 Å². The molecule has 1 heterocycles. The number of nitrogens with one attached hydrogen (secondary N) is 1. The number of halogens is 2. The zero-order chi connectivity index (χ0) is 18.0. The highest BCUT2D eigenvalue weighted by molar-refractivity contribution is 6.44. The van der Waals surface area contributed by atoms with Crippen LogP contribution in [0.15, 0.2) is 18.2 Å². The van der Waals surface area contributed by atoms with Crippen molar-refractivity contribution in [3.63, 3.8) is 0 Å². The standard InChI is InChI=1S/C18H22Cl2N2O3/c1-25-13-7-5-12(6-8-13)21-18(24)11-9-16(23)22(10-11)15-4-2-3-14(19)17(15)20/h2-4,11-13H,5-10H2,1H3,(H,21,24). The molecule has 3 rings (SSSR count). The number of rotatable bonds is 4. The van der Waals surface area contributed by atoms with E-state index in [1.807, 2.05) is 0 Å². The summed E-state index contributed by atoms with van der Waals surface area (Å²) < 4.78 is 5.35. The van der Waals surface area contributed by atoms with E-state index in [0.29, 0.717) is 28.4 Å². The van der Waals surface area contributed by atoms with E-state index in [0.717, 1.165) is 25.7 Å². The van der Waals surface area contributed by atoms with Crippen molar-refractivity contribution in [1.82, 2.24) is 5.32 Å². The molecule has 1 aliphatic heterocycles. The summed E-state index contributed by atoms with van der Waals surface area (Å²) in [4.78, 5) is 26.5. The van der Waals surface area contributed by atoms with Crippen LogP contribution in [0.25, 0.3) is 0 Å². The smallest absolute Gasteiger partial charge is 0.227 e. The topological polar surface area (TPSA) is 58.6 Å². The van der Waals surface area contributed by atoms with E-state index >= 15 is 0 Å². The van der Waals surface area contributed by atoms with E-state index in [4.69, 9.17) is 27.9 Å². The molecule has 1 saturated heterocycles. The lowest BCUT2D eigenvalue weighted by Crippen LogP contribution is -2.42. The van der Waals surface area contributed by atoms with Gasteiger partial charge in [0.1, 0.15) is 0 Å². The molecular weight excluding hydrogens is 363 g/mol. The van der Waals surface area contributed by atoms with Gasteiger partial charge in [-0.1, -0.05) is 29.3 Å². The summed E-state index contributed by atoms with van der Waals surface area (Å²) >= 11 is 12.2. The van der Waals surface area contributed by atoms with Gasteiger partial charge < -0.3 is 15.0 Å². The summed E-state index contributed by atoms with van der Waals surface area (Å²) in [6, 6.07) is 5.34. The Hall–Kier alpha value is -1.30. The Bertz CT molecular complexity index is 660. The first-order chi connectivity index (χ1) is 12.0. The van der Waals surface area contributed by atoms with Gasteiger partial charge in [0.15, 0.2) is 0 Å². The Balaban J connectivity index is 1.60. The van der Waals surface area contributed by atoms with Crippen molar-refractivity contribution in [2.75, 3.05) is 18.6 Å². The molecule has 0 bridgehead atoms. The molecule has 2 fully saturated rings. The SMILES string of the molecule is COC1CCC(NC(=O)C2CC(=O)N(c3cccc(Cl)c3Cl)C2)CC1. The summed E-state index contributed by atoms with van der Waals surface area (Å²) in [5.41, 5.74) is 0.565. The Labute approximate surface area is 157 Å². The van der Waals surface area contributed by atoms with E-state index in [1.165, 1.54) is 0 Å². The van der Waals surface area contributed by atoms with Crippen LogP contribution in [0.3, 0.4) is 0 Å². The predicted molar refractivity (Wildman–Crippen MR) is 98.1 cm³/mol. The van der Waals surface area contributed by atoms with Gasteiger partial charge in [-0.3, -0.25) is 9.59 Å². The zero-order valence-electron chi connectivity index (χ0n) is 14.1. The average Bonchev–Trinajstić information content (AvgIpc) is 3.00. The summed E-state index contributed by atoms with van der Waals surface area (Å²) in [6.07, 6.45) is 4.22. The second kappa shape index (κ2) is 7.94. The highest BCUT2D eigenvalue weighted by Gasteiger charge is 2.37. The van der Waals surface area contributed by atoms with E-state index in [9.17, 15) is 9.59 Å². The van der Waals surface area contributed by atoms with Crippen molar-refractivity contribution < 1.29 is 14.3 Å². The number of carbonyl (C=O) groups is 2. The number of hydrogen-bond donors (Lipinski definition) is 1. The van der Waals surface area contributed by atoms with Crippen LogP contribution < -0.4 is 10.2 Å². The minimum Gasteiger partial charge on any atom is -0.381 e. The fourth-order valence-corrected chi connectivity index (χ4v) is 3.98. The van der Waals surface area contributed by atoms with Gasteiger partial charge in [0.05, 0.1) is 27.8 Å². The molecule has 0 aromatic heterocycles. The molecule has 5 nitrogen and oxygen atoms in total. The molecule has 1 aromatic rings. The number of methoxy groups -OCH3 is 1. The molecule has 1 unspecified atom stereocenters. The van der Waals surface area contributed by atoms with Gasteiger partial charge >= 0.3 is 0 Å². The van der Waals surface area contributed by atoms with Crippen LogP contribution in [0.1, 0.15) is 32.1 Å². The molecule has 7 heteroatoms. The van der Waals surface area contributed by atoms with Crippen molar-refractivity contribution in [3.8, 4) is 0 Å². The maximum Gasteiger partial charge on any atom is 0.227 e. The van der Waals surface area contributed by atoms with E-state index in [1.54, 1.807) is 30.2 Å². The fourth-order valence-electron chi connectivity index (χ4n) is 3.58. The molecule has 0 spiro atoms. The number of amides is 2. The fraction of sp³-hybridized carbons (Fsp3) is 0.556. The number of benzene rings is 1. The Morgan fingerprint density at radius 2 is 1.96 bits per heavy atom. The Morgan fingerprint density at radius 1 is 1.24 bits per heavy atom. The van der Waals surface area contributed by atoms with Gasteiger partial charge in [-0.05, 0) is 37.8 Å². The zero-order valence-corrected chi connectivity index (χ0v) is 15.6. The lowest BCUT2D eigenvalue weighted by Gasteiger charge is -2.29. The van der Waals surface area contributed by atoms with Crippen molar-refractivity contribution in [1.29, 1.82) is 0 Å². The van der Waals surface area contributed by atoms with Crippen LogP contribution in [-0.2, 0) is 14.3 Å². The van der Waals surface area contributed by atoms with Gasteiger partial charge in [-0.25, -0.2) is 0 Å². The number of ether oxygens (including phenoxy) is 1.